The Labute approximate surface area is 68.4 Å². The van der Waals surface area contributed by atoms with Gasteiger partial charge in [-0.05, 0) is 17.4 Å². The summed E-state index contributed by atoms with van der Waals surface area (Å²) in [5.74, 6) is 4.88. The number of nitrogens with zero attached hydrogens (tertiary/aromatic N) is 1. The van der Waals surface area contributed by atoms with Crippen molar-refractivity contribution in [2.75, 3.05) is 11.6 Å². The minimum atomic E-state index is 0.926. The van der Waals surface area contributed by atoms with Crippen molar-refractivity contribution in [1.29, 1.82) is 0 Å². The number of hydrogen-bond donors (Lipinski definition) is 2. The van der Waals surface area contributed by atoms with Crippen molar-refractivity contribution in [3.63, 3.8) is 0 Å². The Morgan fingerprint density at radius 2 is 2.55 bits per heavy atom. The first-order chi connectivity index (χ1) is 5.42. The van der Waals surface area contributed by atoms with Crippen molar-refractivity contribution in [2.45, 2.75) is 6.42 Å². The third-order valence-corrected chi connectivity index (χ3v) is 2.56. The number of hydrogen-bond acceptors (Lipinski definition) is 5. The Kier molecular flexibility index (Phi) is 1.79. The largest absolute Gasteiger partial charge is 0.283 e. The highest BCUT2D eigenvalue weighted by atomic mass is 32.1. The third-order valence-electron chi connectivity index (χ3n) is 1.78. The van der Waals surface area contributed by atoms with Crippen LogP contribution in [0.4, 0.5) is 5.69 Å². The Balaban J connectivity index is 2.18. The standard InChI is InChI=1S/C6H9N3OS/c7-10-8-9-2-1-5-3-11-4-6(5)9/h3-4,8H,1-2,7H2. The van der Waals surface area contributed by atoms with Crippen LogP contribution in [-0.4, -0.2) is 6.54 Å². The van der Waals surface area contributed by atoms with Crippen molar-refractivity contribution < 1.29 is 4.94 Å². The molecule has 2 heterocycles. The molecule has 0 saturated heterocycles. The van der Waals surface area contributed by atoms with Gasteiger partial charge in [0, 0.05) is 11.9 Å². The average molecular weight is 171 g/mol. The molecule has 0 spiro atoms. The van der Waals surface area contributed by atoms with Crippen LogP contribution in [0.1, 0.15) is 5.56 Å². The van der Waals surface area contributed by atoms with Crippen LogP contribution >= 0.6 is 11.3 Å². The summed E-state index contributed by atoms with van der Waals surface area (Å²) in [6, 6.07) is 0. The highest BCUT2D eigenvalue weighted by Gasteiger charge is 2.19. The maximum Gasteiger partial charge on any atom is 0.0682 e. The maximum absolute atomic E-state index is 4.88. The van der Waals surface area contributed by atoms with Crippen molar-refractivity contribution in [3.05, 3.63) is 16.3 Å². The summed E-state index contributed by atoms with van der Waals surface area (Å²) in [5, 5.41) is 6.12. The van der Waals surface area contributed by atoms with Gasteiger partial charge in [0.2, 0.25) is 0 Å². The average Bonchev–Trinajstić information content (AvgIpc) is 2.53. The van der Waals surface area contributed by atoms with Crippen molar-refractivity contribution in [2.24, 2.45) is 5.90 Å². The zero-order valence-electron chi connectivity index (χ0n) is 5.91. The van der Waals surface area contributed by atoms with Gasteiger partial charge in [-0.2, -0.15) is 10.8 Å². The number of rotatable bonds is 2. The quantitative estimate of drug-likeness (QED) is 0.633. The molecule has 2 rings (SSSR count). The van der Waals surface area contributed by atoms with E-state index in [2.05, 4.69) is 21.3 Å². The number of hydrazine groups is 1. The molecule has 0 fully saturated rings. The fourth-order valence-corrected chi connectivity index (χ4v) is 2.13. The van der Waals surface area contributed by atoms with E-state index < -0.39 is 0 Å². The van der Waals surface area contributed by atoms with Crippen LogP contribution in [0.25, 0.3) is 0 Å². The first-order valence-corrected chi connectivity index (χ1v) is 4.30. The number of anilines is 1. The lowest BCUT2D eigenvalue weighted by Gasteiger charge is -2.15. The van der Waals surface area contributed by atoms with Crippen molar-refractivity contribution in [3.8, 4) is 0 Å². The van der Waals surface area contributed by atoms with Crippen LogP contribution in [0.2, 0.25) is 0 Å². The normalized spacial score (nSPS) is 15.5. The molecule has 5 heteroatoms. The molecule has 0 saturated carbocycles. The van der Waals surface area contributed by atoms with E-state index in [-0.39, 0.29) is 0 Å². The molecule has 1 aromatic heterocycles. The van der Waals surface area contributed by atoms with Crippen LogP contribution in [0, 0.1) is 0 Å². The Hall–Kier alpha value is -0.620. The highest BCUT2D eigenvalue weighted by Crippen LogP contribution is 2.29. The molecular weight excluding hydrogens is 162 g/mol. The van der Waals surface area contributed by atoms with Crippen LogP contribution in [0.5, 0.6) is 0 Å². The van der Waals surface area contributed by atoms with Gasteiger partial charge in [-0.3, -0.25) is 5.01 Å². The van der Waals surface area contributed by atoms with Gasteiger partial charge in [0.1, 0.15) is 0 Å². The number of nitrogens with one attached hydrogen (secondary N) is 1. The van der Waals surface area contributed by atoms with E-state index >= 15 is 0 Å². The van der Waals surface area contributed by atoms with E-state index in [1.165, 1.54) is 11.3 Å². The van der Waals surface area contributed by atoms with Gasteiger partial charge >= 0.3 is 0 Å². The third kappa shape index (κ3) is 1.12. The summed E-state index contributed by atoms with van der Waals surface area (Å²) in [5.41, 5.74) is 5.15. The molecule has 0 aliphatic carbocycles. The molecule has 1 aromatic rings. The number of thiophene rings is 1. The fourth-order valence-electron chi connectivity index (χ4n) is 1.25. The molecule has 1 aliphatic heterocycles. The minimum Gasteiger partial charge on any atom is -0.283 e. The minimum absolute atomic E-state index is 0.926. The lowest BCUT2D eigenvalue weighted by Crippen LogP contribution is -2.38. The van der Waals surface area contributed by atoms with Gasteiger partial charge in [-0.15, -0.1) is 11.3 Å². The van der Waals surface area contributed by atoms with E-state index in [9.17, 15) is 0 Å². The lowest BCUT2D eigenvalue weighted by molar-refractivity contribution is 0.0345. The summed E-state index contributed by atoms with van der Waals surface area (Å²) in [7, 11) is 0. The van der Waals surface area contributed by atoms with Gasteiger partial charge in [0.25, 0.3) is 0 Å². The zero-order chi connectivity index (χ0) is 7.68. The van der Waals surface area contributed by atoms with Crippen molar-refractivity contribution >= 4 is 17.0 Å². The second-order valence-corrected chi connectivity index (χ2v) is 3.14. The molecule has 0 radical (unpaired) electrons. The molecule has 3 N–H and O–H groups in total. The fraction of sp³-hybridized carbons (Fsp3) is 0.333. The molecular formula is C6H9N3OS. The zero-order valence-corrected chi connectivity index (χ0v) is 6.73. The molecule has 0 unspecified atom stereocenters. The lowest BCUT2D eigenvalue weighted by atomic mass is 10.3. The van der Waals surface area contributed by atoms with Crippen LogP contribution in [-0.2, 0) is 11.4 Å². The smallest absolute Gasteiger partial charge is 0.0682 e. The molecule has 0 aromatic carbocycles. The second-order valence-electron chi connectivity index (χ2n) is 2.39. The van der Waals surface area contributed by atoms with Crippen LogP contribution < -0.4 is 16.5 Å². The van der Waals surface area contributed by atoms with E-state index in [4.69, 9.17) is 5.90 Å². The number of nitrogens with two attached hydrogens (primary N) is 1. The molecule has 0 bridgehead atoms. The Morgan fingerprint density at radius 3 is 3.36 bits per heavy atom. The topological polar surface area (TPSA) is 50.5 Å². The Morgan fingerprint density at radius 1 is 1.64 bits per heavy atom. The molecule has 4 nitrogen and oxygen atoms in total. The summed E-state index contributed by atoms with van der Waals surface area (Å²) >= 11 is 1.69. The van der Waals surface area contributed by atoms with Crippen molar-refractivity contribution in [1.82, 2.24) is 5.59 Å². The molecule has 1 aliphatic rings. The first-order valence-electron chi connectivity index (χ1n) is 3.36. The Bertz CT molecular complexity index is 250. The van der Waals surface area contributed by atoms with Gasteiger partial charge in [-0.25, -0.2) is 0 Å². The molecule has 60 valence electrons. The maximum atomic E-state index is 4.88. The van der Waals surface area contributed by atoms with E-state index in [1.54, 1.807) is 11.3 Å². The summed E-state index contributed by atoms with van der Waals surface area (Å²) in [6.45, 7) is 0.926. The van der Waals surface area contributed by atoms with Gasteiger partial charge in [0.05, 0.1) is 5.69 Å². The monoisotopic (exact) mass is 171 g/mol. The highest BCUT2D eigenvalue weighted by molar-refractivity contribution is 7.08. The molecule has 11 heavy (non-hydrogen) atoms. The molecule has 0 atom stereocenters. The van der Waals surface area contributed by atoms with E-state index in [0.29, 0.717) is 0 Å². The van der Waals surface area contributed by atoms with E-state index in [0.717, 1.165) is 13.0 Å². The number of fused-ring (bicyclic) bond motifs is 1. The first kappa shape index (κ1) is 7.05. The summed E-state index contributed by atoms with van der Waals surface area (Å²) < 4.78 is 0. The van der Waals surface area contributed by atoms with E-state index in [1.807, 2.05) is 5.01 Å². The summed E-state index contributed by atoms with van der Waals surface area (Å²) in [6.07, 6.45) is 1.06. The molecule has 0 amide bonds. The summed E-state index contributed by atoms with van der Waals surface area (Å²) in [4.78, 5) is 4.33. The van der Waals surface area contributed by atoms with Gasteiger partial charge in [-0.1, -0.05) is 5.59 Å². The van der Waals surface area contributed by atoms with Crippen LogP contribution in [0.3, 0.4) is 0 Å². The van der Waals surface area contributed by atoms with Gasteiger partial charge in [0.15, 0.2) is 0 Å². The predicted molar refractivity (Wildman–Crippen MR) is 43.8 cm³/mol. The van der Waals surface area contributed by atoms with Gasteiger partial charge < -0.3 is 0 Å². The second kappa shape index (κ2) is 2.78. The predicted octanol–water partition coefficient (Wildman–Crippen LogP) is 0.420. The SMILES string of the molecule is NONN1CCc2cscc21. The van der Waals surface area contributed by atoms with Crippen LogP contribution in [0.15, 0.2) is 10.8 Å².